The van der Waals surface area contributed by atoms with Gasteiger partial charge in [-0.3, -0.25) is 38.8 Å². The van der Waals surface area contributed by atoms with E-state index in [0.29, 0.717) is 118 Å². The van der Waals surface area contributed by atoms with E-state index >= 15 is 0 Å². The van der Waals surface area contributed by atoms with E-state index in [4.69, 9.17) is 34.7 Å². The number of fused-ring (bicyclic) bond motifs is 3. The highest BCUT2D eigenvalue weighted by Gasteiger charge is 2.40. The van der Waals surface area contributed by atoms with E-state index in [9.17, 15) is 28.8 Å². The molecule has 0 bridgehead atoms. The molecule has 17 nitrogen and oxygen atoms in total. The van der Waals surface area contributed by atoms with E-state index in [0.717, 1.165) is 91.6 Å². The second-order valence-corrected chi connectivity index (χ2v) is 27.1. The molecule has 0 aliphatic carbocycles. The second-order valence-electron chi connectivity index (χ2n) is 25.3. The van der Waals surface area contributed by atoms with E-state index in [1.165, 1.54) is 0 Å². The first-order valence-corrected chi connectivity index (χ1v) is 35.6. The second kappa shape index (κ2) is 39.0. The van der Waals surface area contributed by atoms with Crippen molar-refractivity contribution in [3.8, 4) is 11.1 Å². The fourth-order valence-corrected chi connectivity index (χ4v) is 13.6. The Balaban J connectivity index is 0.000000290. The number of carbonyl (C=O) groups is 6. The Morgan fingerprint density at radius 3 is 1.65 bits per heavy atom. The molecule has 0 saturated carbocycles. The van der Waals surface area contributed by atoms with Gasteiger partial charge in [-0.2, -0.15) is 11.8 Å². The van der Waals surface area contributed by atoms with Crippen LogP contribution < -0.4 is 47.9 Å². The third kappa shape index (κ3) is 23.8. The number of amides is 3. The zero-order chi connectivity index (χ0) is 69.2. The number of benzene rings is 7. The van der Waals surface area contributed by atoms with Gasteiger partial charge in [0, 0.05) is 113 Å². The molecule has 0 spiro atoms. The summed E-state index contributed by atoms with van der Waals surface area (Å²) < 4.78 is 0. The van der Waals surface area contributed by atoms with Crippen molar-refractivity contribution in [1.29, 1.82) is 0 Å². The van der Waals surface area contributed by atoms with Crippen LogP contribution in [0.15, 0.2) is 174 Å². The number of nitrogens with two attached hydrogens (primary N) is 2. The summed E-state index contributed by atoms with van der Waals surface area (Å²) >= 11 is 13.5. The van der Waals surface area contributed by atoms with Gasteiger partial charge < -0.3 is 47.9 Å². The normalized spacial score (nSPS) is 15.5. The molecule has 2 saturated heterocycles. The molecule has 0 aromatic heterocycles. The highest BCUT2D eigenvalue weighted by molar-refractivity contribution is 8.00. The maximum atomic E-state index is 13.5. The first-order valence-electron chi connectivity index (χ1n) is 33.5. The average Bonchev–Trinajstić information content (AvgIpc) is 1.46. The van der Waals surface area contributed by atoms with Crippen LogP contribution in [0.3, 0.4) is 0 Å². The van der Waals surface area contributed by atoms with Crippen LogP contribution in [0.1, 0.15) is 115 Å². The summed E-state index contributed by atoms with van der Waals surface area (Å²) in [7, 11) is 7.96. The molecule has 520 valence electrons. The first kappa shape index (κ1) is 76.7. The van der Waals surface area contributed by atoms with E-state index in [2.05, 4.69) is 67.4 Å². The summed E-state index contributed by atoms with van der Waals surface area (Å²) in [6.45, 7) is 5.32. The number of nitrogens with zero attached hydrogens (tertiary/aromatic N) is 4. The molecular formula is C78H97Cl2N11O6S. The van der Waals surface area contributed by atoms with Crippen LogP contribution in [-0.2, 0) is 38.4 Å². The lowest BCUT2D eigenvalue weighted by Crippen LogP contribution is -2.41. The van der Waals surface area contributed by atoms with Crippen LogP contribution in [0.4, 0.5) is 11.4 Å². The van der Waals surface area contributed by atoms with Crippen molar-refractivity contribution in [1.82, 2.24) is 26.6 Å². The van der Waals surface area contributed by atoms with Gasteiger partial charge in [-0.1, -0.05) is 124 Å². The maximum absolute atomic E-state index is 13.5. The predicted molar refractivity (Wildman–Crippen MR) is 408 cm³/mol. The molecule has 9 N–H and O–H groups in total. The van der Waals surface area contributed by atoms with Crippen molar-refractivity contribution in [3.05, 3.63) is 192 Å². The molecule has 5 atom stereocenters. The van der Waals surface area contributed by atoms with Gasteiger partial charge in [0.15, 0.2) is 11.6 Å². The average molecular weight is 1390 g/mol. The molecule has 2 aliphatic rings. The summed E-state index contributed by atoms with van der Waals surface area (Å²) in [5.41, 5.74) is 19.6. The Morgan fingerprint density at radius 2 is 1.09 bits per heavy atom. The summed E-state index contributed by atoms with van der Waals surface area (Å²) in [6.07, 6.45) is 7.80. The predicted octanol–water partition coefficient (Wildman–Crippen LogP) is 12.2. The fourth-order valence-electron chi connectivity index (χ4n) is 11.9. The fraction of sp³-hybridized carbons (Fsp3) is 0.385. The molecule has 9 rings (SSSR count). The van der Waals surface area contributed by atoms with Gasteiger partial charge in [0.25, 0.3) is 11.8 Å². The quantitative estimate of drug-likeness (QED) is 0.00847. The van der Waals surface area contributed by atoms with Crippen molar-refractivity contribution >= 4 is 115 Å². The number of carbonyl (C=O) groups excluding carboxylic acids is 6. The minimum Gasteiger partial charge on any atom is -0.386 e. The summed E-state index contributed by atoms with van der Waals surface area (Å²) in [4.78, 5) is 91.2. The van der Waals surface area contributed by atoms with Crippen LogP contribution in [0.5, 0.6) is 0 Å². The SMILES string of the molecule is C.C=C1NC2CSC(CCCCC(=O)NCCCC(=O)Cc3ccc(CCC(=O)[C@H](CCCN=C(N)CCl)NC(=O)c4ccc5cc(N(C)C)ccc5c4)cc3)C2N1.CN(C)c1ccc2cc(C(=O)N[C@@H](CCCN=C(N)CCl)C(=O)Cc3ccc(-c4ccccc4)cc3)ccc2c1. The molecule has 3 amide bonds. The van der Waals surface area contributed by atoms with Crippen LogP contribution in [0.25, 0.3) is 32.7 Å². The lowest BCUT2D eigenvalue weighted by atomic mass is 9.97. The van der Waals surface area contributed by atoms with E-state index in [-0.39, 0.29) is 67.1 Å². The number of rotatable bonds is 35. The Morgan fingerprint density at radius 1 is 0.582 bits per heavy atom. The number of anilines is 2. The molecule has 2 aliphatic heterocycles. The molecule has 0 radical (unpaired) electrons. The van der Waals surface area contributed by atoms with Gasteiger partial charge in [-0.15, -0.1) is 23.2 Å². The molecular weight excluding hydrogens is 1290 g/mol. The minimum absolute atomic E-state index is 0. The number of amidine groups is 2. The Labute approximate surface area is 592 Å². The third-order valence-electron chi connectivity index (χ3n) is 17.4. The lowest BCUT2D eigenvalue weighted by Gasteiger charge is -2.18. The standard InChI is InChI=1S/C44H58ClN7O4S.C33H35ClN4O2.CH4/c1-29-49-38-28-57-40(43(38)50-29)10-4-5-11-42(55)48-23-6-8-36(53)24-31-14-12-30(13-15-31)16-21-39(54)37(9-7-22-47-41(46)27-45)51-44(56)34-18-17-33-26-35(52(2)3)20-19-32(33)25-34;1-38(2)29-17-16-26-20-28(15-14-27(26)21-29)33(40)37-30(9-6-18-36-32(35)22-34)31(39)19-23-10-12-25(13-11-23)24-7-4-3-5-8-24;/h12-15,17-20,25-26,37-38,40,43,49-50H,1,4-11,16,21-24,27-28H2,2-3H3,(H2,46,47)(H,48,55)(H,51,56);3-5,7-8,10-17,20-21,30H,6,9,18-19,22H2,1-2H3,(H2,35,36)(H,37,40);1H4/t37-,38?,40?,43?;30-;/m00./s1. The number of unbranched alkanes of at least 4 members (excludes halogenated alkanes) is 1. The number of Topliss-reactive ketones (excluding diaryl/α,β-unsaturated/α-hetero) is 3. The van der Waals surface area contributed by atoms with Crippen molar-refractivity contribution in [2.75, 3.05) is 75.1 Å². The van der Waals surface area contributed by atoms with Crippen molar-refractivity contribution in [3.63, 3.8) is 0 Å². The van der Waals surface area contributed by atoms with Crippen LogP contribution in [0, 0.1) is 0 Å². The van der Waals surface area contributed by atoms with Gasteiger partial charge in [0.2, 0.25) is 5.91 Å². The number of ketones is 3. The zero-order valence-corrected chi connectivity index (χ0v) is 58.6. The molecule has 2 fully saturated rings. The number of hydrogen-bond acceptors (Lipinski definition) is 13. The van der Waals surface area contributed by atoms with Gasteiger partial charge in [-0.05, 0) is 149 Å². The zero-order valence-electron chi connectivity index (χ0n) is 56.2. The Kier molecular flexibility index (Phi) is 30.5. The lowest BCUT2D eigenvalue weighted by molar-refractivity contribution is -0.122. The summed E-state index contributed by atoms with van der Waals surface area (Å²) in [5, 5.41) is 20.3. The van der Waals surface area contributed by atoms with E-state index in [1.54, 1.807) is 12.1 Å². The number of aliphatic imine (C=N–C) groups is 2. The molecule has 98 heavy (non-hydrogen) atoms. The topological polar surface area (TPSA) is 246 Å². The van der Waals surface area contributed by atoms with Crippen LogP contribution >= 0.6 is 35.0 Å². The van der Waals surface area contributed by atoms with E-state index < -0.39 is 12.1 Å². The first-order chi connectivity index (χ1) is 46.8. The molecule has 3 unspecified atom stereocenters. The number of aryl methyl sites for hydroxylation is 1. The van der Waals surface area contributed by atoms with Crippen LogP contribution in [0.2, 0.25) is 0 Å². The molecule has 7 aromatic carbocycles. The molecule has 20 heteroatoms. The number of nitrogens with one attached hydrogen (secondary N) is 5. The highest BCUT2D eigenvalue weighted by Crippen LogP contribution is 2.34. The smallest absolute Gasteiger partial charge is 0.251 e. The number of hydrogen-bond donors (Lipinski definition) is 7. The van der Waals surface area contributed by atoms with E-state index in [1.807, 2.05) is 165 Å². The number of halogens is 2. The molecule has 2 heterocycles. The Bertz CT molecular complexity index is 3890. The van der Waals surface area contributed by atoms with Crippen molar-refractivity contribution in [2.24, 2.45) is 21.5 Å². The summed E-state index contributed by atoms with van der Waals surface area (Å²) in [5.74, 6) is 2.49. The third-order valence-corrected chi connectivity index (χ3v) is 19.5. The van der Waals surface area contributed by atoms with Gasteiger partial charge in [0.1, 0.15) is 17.5 Å². The van der Waals surface area contributed by atoms with Gasteiger partial charge in [0.05, 0.1) is 41.7 Å². The monoisotopic (exact) mass is 1390 g/mol. The van der Waals surface area contributed by atoms with Crippen molar-refractivity contribution < 1.29 is 28.8 Å². The maximum Gasteiger partial charge on any atom is 0.251 e. The summed E-state index contributed by atoms with van der Waals surface area (Å²) in [6, 6.07) is 48.7. The minimum atomic E-state index is -0.684. The largest absolute Gasteiger partial charge is 0.386 e. The van der Waals surface area contributed by atoms with Crippen molar-refractivity contribution in [2.45, 2.75) is 127 Å². The van der Waals surface area contributed by atoms with Crippen LogP contribution in [-0.4, -0.2) is 141 Å². The van der Waals surface area contributed by atoms with Gasteiger partial charge in [-0.25, -0.2) is 0 Å². The number of thioether (sulfide) groups is 1. The Hall–Kier alpha value is -8.71. The van der Waals surface area contributed by atoms with Gasteiger partial charge >= 0.3 is 0 Å². The highest BCUT2D eigenvalue weighted by atomic mass is 35.5. The molecule has 7 aromatic rings. The number of alkyl halides is 2.